The minimum atomic E-state index is -1.14. The van der Waals surface area contributed by atoms with Crippen LogP contribution in [0, 0.1) is 5.92 Å². The molecular weight excluding hydrogens is 494 g/mol. The summed E-state index contributed by atoms with van der Waals surface area (Å²) in [4.78, 5) is 38.2. The number of carboxylic acid groups (broad SMARTS) is 1. The molecule has 5 rings (SSSR count). The summed E-state index contributed by atoms with van der Waals surface area (Å²) in [5.41, 5.74) is 3.56. The molecule has 1 aliphatic heterocycles. The zero-order valence-corrected chi connectivity index (χ0v) is 20.8. The van der Waals surface area contributed by atoms with Crippen molar-refractivity contribution in [2.24, 2.45) is 5.92 Å². The highest BCUT2D eigenvalue weighted by molar-refractivity contribution is 6.33. The number of hydrogen-bond acceptors (Lipinski definition) is 6. The van der Waals surface area contributed by atoms with Gasteiger partial charge in [0, 0.05) is 53.2 Å². The molecule has 1 saturated heterocycles. The number of H-pyrrole nitrogens is 1. The monoisotopic (exact) mass is 519 g/mol. The van der Waals surface area contributed by atoms with Gasteiger partial charge in [0.15, 0.2) is 0 Å². The maximum absolute atomic E-state index is 13.0. The van der Waals surface area contributed by atoms with E-state index in [4.69, 9.17) is 21.7 Å². The van der Waals surface area contributed by atoms with Crippen molar-refractivity contribution in [1.82, 2.24) is 19.9 Å². The lowest BCUT2D eigenvalue weighted by atomic mass is 9.93. The fourth-order valence-corrected chi connectivity index (χ4v) is 4.89. The number of carbonyl (C=O) groups is 2. The smallest absolute Gasteiger partial charge is 0.409 e. The number of carbonyl (C=O) groups excluding carboxylic acids is 1. The molecule has 0 saturated carbocycles. The second-order valence-electron chi connectivity index (χ2n) is 9.13. The number of nitrogens with zero attached hydrogens (tertiary/aromatic N) is 3. The van der Waals surface area contributed by atoms with Crippen LogP contribution in [-0.2, 0) is 4.79 Å². The average Bonchev–Trinajstić information content (AvgIpc) is 3.30. The highest BCUT2D eigenvalue weighted by Crippen LogP contribution is 2.32. The van der Waals surface area contributed by atoms with Crippen LogP contribution < -0.4 is 16.0 Å². The summed E-state index contributed by atoms with van der Waals surface area (Å²) in [6.45, 7) is 1.35. The first-order valence-electron chi connectivity index (χ1n) is 11.8. The van der Waals surface area contributed by atoms with Gasteiger partial charge in [0.2, 0.25) is 11.9 Å². The van der Waals surface area contributed by atoms with E-state index in [9.17, 15) is 9.59 Å². The standard InChI is InChI=1S/C26H26ClN7O3/c1-34-13-15(24(35)30-16-6-8-17(9-7-16)32-26(36)37)10-18(14-34)31-25-29-12-21(27)23(33-25)20-11-28-22-5-3-2-4-19(20)22/h2-9,11-12,15,18,28,32H,10,13-14H2,1H3,(H,30,35)(H,36,37)(H,29,31,33)/t15-,18-/m0/s1. The highest BCUT2D eigenvalue weighted by atomic mass is 35.5. The number of fused-ring (bicyclic) bond motifs is 1. The third-order valence-electron chi connectivity index (χ3n) is 6.33. The first kappa shape index (κ1) is 24.5. The molecule has 2 amide bonds. The quantitative estimate of drug-likeness (QED) is 0.248. The van der Waals surface area contributed by atoms with E-state index in [-0.39, 0.29) is 17.9 Å². The summed E-state index contributed by atoms with van der Waals surface area (Å²) in [6, 6.07) is 14.4. The van der Waals surface area contributed by atoms with E-state index in [0.717, 1.165) is 23.0 Å². The number of piperidine rings is 1. The average molecular weight is 520 g/mol. The molecule has 11 heteroatoms. The molecule has 1 fully saturated rings. The van der Waals surface area contributed by atoms with Crippen LogP contribution >= 0.6 is 11.6 Å². The number of nitrogens with one attached hydrogen (secondary N) is 4. The van der Waals surface area contributed by atoms with Crippen LogP contribution in [0.5, 0.6) is 0 Å². The molecule has 37 heavy (non-hydrogen) atoms. The summed E-state index contributed by atoms with van der Waals surface area (Å²) in [7, 11) is 1.97. The molecule has 190 valence electrons. The van der Waals surface area contributed by atoms with Crippen molar-refractivity contribution >= 4 is 51.8 Å². The molecule has 0 unspecified atom stereocenters. The van der Waals surface area contributed by atoms with Crippen molar-refractivity contribution in [2.75, 3.05) is 36.1 Å². The Labute approximate surface area is 218 Å². The minimum Gasteiger partial charge on any atom is -0.465 e. The first-order valence-corrected chi connectivity index (χ1v) is 12.2. The van der Waals surface area contributed by atoms with Crippen LogP contribution in [0.3, 0.4) is 0 Å². The van der Waals surface area contributed by atoms with Crippen LogP contribution in [0.25, 0.3) is 22.2 Å². The topological polar surface area (TPSA) is 135 Å². The number of hydrogen-bond donors (Lipinski definition) is 5. The maximum atomic E-state index is 13.0. The van der Waals surface area contributed by atoms with E-state index in [2.05, 4.69) is 30.8 Å². The number of likely N-dealkylation sites (tertiary alicyclic amines) is 1. The Morgan fingerprint density at radius 3 is 2.57 bits per heavy atom. The SMILES string of the molecule is CN1C[C@@H](Nc2ncc(Cl)c(-c3c[nH]c4ccccc34)n2)C[C@H](C(=O)Nc2ccc(NC(=O)O)cc2)C1. The summed E-state index contributed by atoms with van der Waals surface area (Å²) >= 11 is 6.47. The minimum absolute atomic E-state index is 0.0476. The highest BCUT2D eigenvalue weighted by Gasteiger charge is 2.30. The summed E-state index contributed by atoms with van der Waals surface area (Å²) < 4.78 is 0. The number of amides is 2. The number of benzene rings is 2. The summed E-state index contributed by atoms with van der Waals surface area (Å²) in [5.74, 6) is 0.0907. The normalized spacial score (nSPS) is 17.9. The molecule has 2 aromatic carbocycles. The Kier molecular flexibility index (Phi) is 6.93. The predicted molar refractivity (Wildman–Crippen MR) is 144 cm³/mol. The van der Waals surface area contributed by atoms with Crippen LogP contribution in [0.1, 0.15) is 6.42 Å². The lowest BCUT2D eigenvalue weighted by Gasteiger charge is -2.35. The predicted octanol–water partition coefficient (Wildman–Crippen LogP) is 4.74. The Morgan fingerprint density at radius 2 is 1.81 bits per heavy atom. The van der Waals surface area contributed by atoms with E-state index in [1.807, 2.05) is 37.5 Å². The van der Waals surface area contributed by atoms with Gasteiger partial charge in [-0.3, -0.25) is 10.1 Å². The molecule has 2 atom stereocenters. The lowest BCUT2D eigenvalue weighted by molar-refractivity contribution is -0.121. The number of likely N-dealkylation sites (N-methyl/N-ethyl adjacent to an activating group) is 1. The van der Waals surface area contributed by atoms with E-state index in [1.165, 1.54) is 0 Å². The van der Waals surface area contributed by atoms with E-state index >= 15 is 0 Å². The molecule has 1 aliphatic rings. The molecular formula is C26H26ClN7O3. The van der Waals surface area contributed by atoms with Gasteiger partial charge in [0.25, 0.3) is 0 Å². The molecule has 0 aliphatic carbocycles. The molecule has 3 heterocycles. The molecule has 5 N–H and O–H groups in total. The zero-order valence-electron chi connectivity index (χ0n) is 20.0. The third-order valence-corrected chi connectivity index (χ3v) is 6.61. The van der Waals surface area contributed by atoms with Gasteiger partial charge >= 0.3 is 6.09 Å². The number of para-hydroxylation sites is 1. The van der Waals surface area contributed by atoms with Gasteiger partial charge in [-0.25, -0.2) is 14.8 Å². The number of aromatic amines is 1. The first-order chi connectivity index (χ1) is 17.9. The van der Waals surface area contributed by atoms with Crippen LogP contribution in [0.4, 0.5) is 22.1 Å². The zero-order chi connectivity index (χ0) is 25.9. The van der Waals surface area contributed by atoms with Crippen molar-refractivity contribution in [3.8, 4) is 11.3 Å². The Bertz CT molecular complexity index is 1440. The van der Waals surface area contributed by atoms with Crippen molar-refractivity contribution in [3.63, 3.8) is 0 Å². The number of anilines is 3. The van der Waals surface area contributed by atoms with Crippen LogP contribution in [-0.4, -0.2) is 63.1 Å². The molecule has 0 radical (unpaired) electrons. The van der Waals surface area contributed by atoms with Gasteiger partial charge in [-0.15, -0.1) is 0 Å². The van der Waals surface area contributed by atoms with Crippen molar-refractivity contribution in [1.29, 1.82) is 0 Å². The number of halogens is 1. The maximum Gasteiger partial charge on any atom is 0.409 e. The fourth-order valence-electron chi connectivity index (χ4n) is 4.69. The van der Waals surface area contributed by atoms with Crippen molar-refractivity contribution in [3.05, 3.63) is 65.9 Å². The van der Waals surface area contributed by atoms with E-state index in [0.29, 0.717) is 41.0 Å². The molecule has 0 bridgehead atoms. The Morgan fingerprint density at radius 1 is 1.08 bits per heavy atom. The van der Waals surface area contributed by atoms with Gasteiger partial charge in [-0.1, -0.05) is 29.8 Å². The van der Waals surface area contributed by atoms with Crippen molar-refractivity contribution < 1.29 is 14.7 Å². The Hall–Kier alpha value is -4.15. The summed E-state index contributed by atoms with van der Waals surface area (Å²) in [5, 5.41) is 18.9. The van der Waals surface area contributed by atoms with Gasteiger partial charge in [-0.05, 0) is 43.8 Å². The van der Waals surface area contributed by atoms with Gasteiger partial charge in [0.05, 0.1) is 22.8 Å². The van der Waals surface area contributed by atoms with E-state index in [1.54, 1.807) is 30.5 Å². The molecule has 10 nitrogen and oxygen atoms in total. The Balaban J connectivity index is 1.27. The molecule has 0 spiro atoms. The van der Waals surface area contributed by atoms with Crippen LogP contribution in [0.15, 0.2) is 60.9 Å². The third kappa shape index (κ3) is 5.65. The molecule has 4 aromatic rings. The number of rotatable bonds is 6. The fraction of sp³-hybridized carbons (Fsp3) is 0.231. The largest absolute Gasteiger partial charge is 0.465 e. The van der Waals surface area contributed by atoms with Gasteiger partial charge < -0.3 is 25.6 Å². The van der Waals surface area contributed by atoms with Gasteiger partial charge in [-0.2, -0.15) is 0 Å². The second-order valence-corrected chi connectivity index (χ2v) is 9.54. The van der Waals surface area contributed by atoms with Crippen LogP contribution in [0.2, 0.25) is 5.02 Å². The second kappa shape index (κ2) is 10.5. The molecule has 2 aromatic heterocycles. The van der Waals surface area contributed by atoms with Crippen molar-refractivity contribution in [2.45, 2.75) is 12.5 Å². The summed E-state index contributed by atoms with van der Waals surface area (Å²) in [6.07, 6.45) is 2.94. The number of aromatic nitrogens is 3. The van der Waals surface area contributed by atoms with E-state index < -0.39 is 6.09 Å². The van der Waals surface area contributed by atoms with Gasteiger partial charge in [0.1, 0.15) is 0 Å². The lowest BCUT2D eigenvalue weighted by Crippen LogP contribution is -2.48.